The van der Waals surface area contributed by atoms with E-state index in [9.17, 15) is 8.42 Å². The van der Waals surface area contributed by atoms with E-state index in [0.29, 0.717) is 23.3 Å². The summed E-state index contributed by atoms with van der Waals surface area (Å²) in [6.07, 6.45) is 5.63. The highest BCUT2D eigenvalue weighted by atomic mass is 32.2. The number of rotatable bonds is 5. The number of hydrogen-bond acceptors (Lipinski definition) is 4. The van der Waals surface area contributed by atoms with Crippen LogP contribution in [0.1, 0.15) is 32.6 Å². The molecule has 0 radical (unpaired) electrons. The second-order valence-corrected chi connectivity index (χ2v) is 7.18. The van der Waals surface area contributed by atoms with E-state index in [1.54, 1.807) is 30.5 Å². The van der Waals surface area contributed by atoms with Crippen LogP contribution < -0.4 is 9.46 Å². The number of nitrogens with one attached hydrogen (secondary N) is 1. The molecular formula is C16H20N2O3S. The topological polar surface area (TPSA) is 68.3 Å². The Morgan fingerprint density at radius 3 is 2.77 bits per heavy atom. The number of pyridine rings is 1. The van der Waals surface area contributed by atoms with E-state index < -0.39 is 10.0 Å². The zero-order chi connectivity index (χ0) is 15.6. The van der Waals surface area contributed by atoms with Crippen LogP contribution in [0.15, 0.2) is 35.4 Å². The summed E-state index contributed by atoms with van der Waals surface area (Å²) in [5.41, 5.74) is 0.582. The Bertz CT molecular complexity index is 768. The van der Waals surface area contributed by atoms with E-state index in [-0.39, 0.29) is 10.9 Å². The number of benzene rings is 1. The minimum absolute atomic E-state index is 0.0447. The van der Waals surface area contributed by atoms with Crippen LogP contribution in [0.4, 0.5) is 0 Å². The first-order chi connectivity index (χ1) is 10.6. The summed E-state index contributed by atoms with van der Waals surface area (Å²) in [5, 5.41) is 0.596. The van der Waals surface area contributed by atoms with Crippen molar-refractivity contribution < 1.29 is 13.2 Å². The van der Waals surface area contributed by atoms with E-state index in [2.05, 4.69) is 9.71 Å². The third-order valence-electron chi connectivity index (χ3n) is 3.96. The number of aromatic nitrogens is 1. The largest absolute Gasteiger partial charge is 0.492 e. The van der Waals surface area contributed by atoms with Crippen molar-refractivity contribution in [3.8, 4) is 5.75 Å². The molecule has 1 aromatic heterocycles. The van der Waals surface area contributed by atoms with Gasteiger partial charge in [0.2, 0.25) is 10.0 Å². The fraction of sp³-hybridized carbons (Fsp3) is 0.438. The third-order valence-corrected chi connectivity index (χ3v) is 5.54. The quantitative estimate of drug-likeness (QED) is 0.920. The highest BCUT2D eigenvalue weighted by Crippen LogP contribution is 2.30. The summed E-state index contributed by atoms with van der Waals surface area (Å²) in [6, 6.07) is 6.85. The smallest absolute Gasteiger partial charge is 0.241 e. The van der Waals surface area contributed by atoms with Crippen molar-refractivity contribution in [2.45, 2.75) is 43.5 Å². The molecule has 0 saturated heterocycles. The van der Waals surface area contributed by atoms with Crippen molar-refractivity contribution in [1.29, 1.82) is 0 Å². The summed E-state index contributed by atoms with van der Waals surface area (Å²) < 4.78 is 33.7. The Labute approximate surface area is 130 Å². The van der Waals surface area contributed by atoms with Crippen molar-refractivity contribution >= 4 is 20.9 Å². The first-order valence-corrected chi connectivity index (χ1v) is 9.13. The predicted octanol–water partition coefficient (Wildman–Crippen LogP) is 2.85. The Morgan fingerprint density at radius 2 is 2.05 bits per heavy atom. The molecule has 118 valence electrons. The van der Waals surface area contributed by atoms with Crippen LogP contribution in [-0.2, 0) is 10.0 Å². The molecule has 0 unspecified atom stereocenters. The van der Waals surface area contributed by atoms with E-state index >= 15 is 0 Å². The van der Waals surface area contributed by atoms with Crippen LogP contribution in [-0.4, -0.2) is 26.1 Å². The summed E-state index contributed by atoms with van der Waals surface area (Å²) in [5.74, 6) is 0.609. The molecular weight excluding hydrogens is 300 g/mol. The van der Waals surface area contributed by atoms with Gasteiger partial charge in [-0.2, -0.15) is 0 Å². The second kappa shape index (κ2) is 6.22. The molecule has 22 heavy (non-hydrogen) atoms. The van der Waals surface area contributed by atoms with Crippen molar-refractivity contribution in [2.24, 2.45) is 0 Å². The molecule has 6 heteroatoms. The molecule has 3 rings (SSSR count). The number of sulfonamides is 1. The Morgan fingerprint density at radius 1 is 1.27 bits per heavy atom. The molecule has 1 N–H and O–H groups in total. The summed E-state index contributed by atoms with van der Waals surface area (Å²) in [6.45, 7) is 2.40. The van der Waals surface area contributed by atoms with Crippen LogP contribution in [0.3, 0.4) is 0 Å². The second-order valence-electron chi connectivity index (χ2n) is 5.50. The van der Waals surface area contributed by atoms with Crippen LogP contribution in [0.5, 0.6) is 5.75 Å². The highest BCUT2D eigenvalue weighted by molar-refractivity contribution is 7.89. The molecule has 1 heterocycles. The zero-order valence-corrected chi connectivity index (χ0v) is 13.4. The van der Waals surface area contributed by atoms with Gasteiger partial charge in [0.25, 0.3) is 0 Å². The van der Waals surface area contributed by atoms with E-state index in [4.69, 9.17) is 4.74 Å². The fourth-order valence-corrected chi connectivity index (χ4v) is 4.46. The summed E-state index contributed by atoms with van der Waals surface area (Å²) >= 11 is 0. The van der Waals surface area contributed by atoms with Crippen LogP contribution in [0, 0.1) is 0 Å². The standard InChI is InChI=1S/C16H20N2O3S/c1-2-21-14-9-10-15(13-8-5-11-17-16(13)14)22(19,20)18-12-6-3-4-7-12/h5,8-12,18H,2-4,6-7H2,1H3. The number of fused-ring (bicyclic) bond motifs is 1. The molecule has 1 saturated carbocycles. The van der Waals surface area contributed by atoms with E-state index in [1.165, 1.54) is 0 Å². The first kappa shape index (κ1) is 15.2. The van der Waals surface area contributed by atoms with Gasteiger partial charge in [0.15, 0.2) is 0 Å². The maximum Gasteiger partial charge on any atom is 0.241 e. The molecule has 2 aromatic rings. The van der Waals surface area contributed by atoms with Crippen LogP contribution >= 0.6 is 0 Å². The van der Waals surface area contributed by atoms with Gasteiger partial charge in [-0.3, -0.25) is 4.98 Å². The Hall–Kier alpha value is -1.66. The zero-order valence-electron chi connectivity index (χ0n) is 12.6. The van der Waals surface area contributed by atoms with Crippen LogP contribution in [0.25, 0.3) is 10.9 Å². The monoisotopic (exact) mass is 320 g/mol. The van der Waals surface area contributed by atoms with Crippen molar-refractivity contribution in [3.05, 3.63) is 30.5 Å². The van der Waals surface area contributed by atoms with Gasteiger partial charge in [0.05, 0.1) is 11.5 Å². The molecule has 0 bridgehead atoms. The average Bonchev–Trinajstić information content (AvgIpc) is 3.00. The summed E-state index contributed by atoms with van der Waals surface area (Å²) in [4.78, 5) is 4.56. The minimum Gasteiger partial charge on any atom is -0.492 e. The van der Waals surface area contributed by atoms with Crippen molar-refractivity contribution in [2.75, 3.05) is 6.61 Å². The van der Waals surface area contributed by atoms with Crippen molar-refractivity contribution in [3.63, 3.8) is 0 Å². The van der Waals surface area contributed by atoms with Gasteiger partial charge < -0.3 is 4.74 Å². The van der Waals surface area contributed by atoms with Gasteiger partial charge in [-0.25, -0.2) is 13.1 Å². The fourth-order valence-electron chi connectivity index (χ4n) is 2.95. The first-order valence-electron chi connectivity index (χ1n) is 7.64. The summed E-state index contributed by atoms with van der Waals surface area (Å²) in [7, 11) is -3.55. The lowest BCUT2D eigenvalue weighted by Gasteiger charge is -2.15. The normalized spacial score (nSPS) is 16.2. The molecule has 0 spiro atoms. The van der Waals surface area contributed by atoms with E-state index in [1.807, 2.05) is 6.92 Å². The molecule has 1 aromatic carbocycles. The van der Waals surface area contributed by atoms with Gasteiger partial charge in [-0.05, 0) is 44.0 Å². The van der Waals surface area contributed by atoms with Crippen molar-refractivity contribution in [1.82, 2.24) is 9.71 Å². The van der Waals surface area contributed by atoms with Gasteiger partial charge in [-0.15, -0.1) is 0 Å². The minimum atomic E-state index is -3.55. The lowest BCUT2D eigenvalue weighted by molar-refractivity contribution is 0.343. The molecule has 1 fully saturated rings. The lowest BCUT2D eigenvalue weighted by Crippen LogP contribution is -2.32. The highest BCUT2D eigenvalue weighted by Gasteiger charge is 2.25. The SMILES string of the molecule is CCOc1ccc(S(=O)(=O)NC2CCCC2)c2cccnc12. The van der Waals surface area contributed by atoms with Gasteiger partial charge >= 0.3 is 0 Å². The van der Waals surface area contributed by atoms with Gasteiger partial charge in [0.1, 0.15) is 11.3 Å². The van der Waals surface area contributed by atoms with Crippen LogP contribution in [0.2, 0.25) is 0 Å². The maximum atomic E-state index is 12.7. The van der Waals surface area contributed by atoms with Gasteiger partial charge in [-0.1, -0.05) is 12.8 Å². The third kappa shape index (κ3) is 2.94. The maximum absolute atomic E-state index is 12.7. The van der Waals surface area contributed by atoms with E-state index in [0.717, 1.165) is 25.7 Å². The molecule has 0 amide bonds. The average molecular weight is 320 g/mol. The molecule has 1 aliphatic rings. The predicted molar refractivity (Wildman–Crippen MR) is 85.5 cm³/mol. The number of nitrogens with zero attached hydrogens (tertiary/aromatic N) is 1. The molecule has 0 aliphatic heterocycles. The Balaban J connectivity index is 2.05. The molecule has 0 atom stereocenters. The molecule has 1 aliphatic carbocycles. The number of hydrogen-bond donors (Lipinski definition) is 1. The lowest BCUT2D eigenvalue weighted by atomic mass is 10.2. The Kier molecular flexibility index (Phi) is 4.31. The van der Waals surface area contributed by atoms with Gasteiger partial charge in [0, 0.05) is 17.6 Å². The molecule has 5 nitrogen and oxygen atoms in total. The number of ether oxygens (including phenoxy) is 1.